The summed E-state index contributed by atoms with van der Waals surface area (Å²) in [5, 5.41) is 29.6. The van der Waals surface area contributed by atoms with Gasteiger partial charge in [-0.1, -0.05) is 69.3 Å². The number of carbonyl (C=O) groups excluding carboxylic acids is 2. The first-order valence-corrected chi connectivity index (χ1v) is 20.6. The third-order valence-corrected chi connectivity index (χ3v) is 13.3. The third-order valence-electron chi connectivity index (χ3n) is 13.3. The molecule has 0 radical (unpaired) electrons. The van der Waals surface area contributed by atoms with Crippen LogP contribution < -0.4 is 20.3 Å². The first-order chi connectivity index (χ1) is 27.6. The van der Waals surface area contributed by atoms with Gasteiger partial charge in [-0.2, -0.15) is 5.06 Å². The first kappa shape index (κ1) is 43.5. The molecule has 3 aromatic rings. The minimum Gasteiger partial charge on any atom is -0.496 e. The van der Waals surface area contributed by atoms with Crippen molar-refractivity contribution >= 4 is 17.5 Å². The summed E-state index contributed by atoms with van der Waals surface area (Å²) in [5.41, 5.74) is 4.81. The zero-order chi connectivity index (χ0) is 42.1. The first-order valence-electron chi connectivity index (χ1n) is 20.6. The molecule has 1 aliphatic heterocycles. The Bertz CT molecular complexity index is 1890. The fourth-order valence-corrected chi connectivity index (χ4v) is 10.0. The molecule has 4 aliphatic rings. The molecule has 7 rings (SSSR count). The number of fused-ring (bicyclic) bond motifs is 2. The molecule has 12 nitrogen and oxygen atoms in total. The van der Waals surface area contributed by atoms with Crippen LogP contribution >= 0.6 is 0 Å². The molecule has 4 fully saturated rings. The van der Waals surface area contributed by atoms with E-state index in [2.05, 4.69) is 31.4 Å². The highest BCUT2D eigenvalue weighted by atomic mass is 16.7. The second-order valence-corrected chi connectivity index (χ2v) is 17.8. The maximum atomic E-state index is 14.3. The highest BCUT2D eigenvalue weighted by Gasteiger charge is 2.57. The van der Waals surface area contributed by atoms with Crippen molar-refractivity contribution in [1.82, 2.24) is 20.6 Å². The topological polar surface area (TPSA) is 136 Å². The van der Waals surface area contributed by atoms with E-state index in [1.165, 1.54) is 6.42 Å². The molecule has 58 heavy (non-hydrogen) atoms. The molecule has 2 amide bonds. The van der Waals surface area contributed by atoms with E-state index in [0.717, 1.165) is 34.4 Å². The Labute approximate surface area is 344 Å². The Morgan fingerprint density at radius 2 is 1.74 bits per heavy atom. The number of aliphatic hydroxyl groups excluding tert-OH is 2. The molecule has 10 atom stereocenters. The number of hydrogen-bond donors (Lipinski definition) is 4. The van der Waals surface area contributed by atoms with Gasteiger partial charge >= 0.3 is 0 Å². The molecule has 3 saturated carbocycles. The van der Waals surface area contributed by atoms with E-state index in [1.54, 1.807) is 26.2 Å². The number of ether oxygens (including phenoxy) is 2. The standard InChI is InChI=1S/C46H65N5O7/c1-27-36-22-33(46(36,3)4)23-37(27)47-45(55)41-40(28(2)53)39(26-52)58-51(41)24-30-17-14-18-35(42(30)56-9)31-19-32(21-34(20-31)50(7)8)44(54)48-38(25-49(5)6)43(57-10)29-15-12-11-13-16-29/h11-21,27-28,33,36-41,43,52-53H,22-26H2,1-10H3,(H,47,55)(H,48,54)/t27-,28-,33+,36-,37-,38+,39-,40+,41-,43+/m0/s1. The van der Waals surface area contributed by atoms with Crippen LogP contribution in [0.25, 0.3) is 11.1 Å². The van der Waals surface area contributed by atoms with E-state index in [9.17, 15) is 19.8 Å². The van der Waals surface area contributed by atoms with Crippen molar-refractivity contribution in [2.45, 2.75) is 83.5 Å². The number of methoxy groups -OCH3 is 2. The van der Waals surface area contributed by atoms with E-state index in [-0.39, 0.29) is 48.6 Å². The molecule has 1 heterocycles. The van der Waals surface area contributed by atoms with E-state index >= 15 is 0 Å². The predicted octanol–water partition coefficient (Wildman–Crippen LogP) is 5.14. The average Bonchev–Trinajstić information content (AvgIpc) is 3.57. The number of hydroxylamine groups is 2. The van der Waals surface area contributed by atoms with Gasteiger partial charge in [-0.25, -0.2) is 0 Å². The zero-order valence-corrected chi connectivity index (χ0v) is 35.9. The normalized spacial score (nSPS) is 26.7. The smallest absolute Gasteiger partial charge is 0.251 e. The monoisotopic (exact) mass is 799 g/mol. The molecule has 4 N–H and O–H groups in total. The minimum atomic E-state index is -0.912. The molecule has 3 aliphatic carbocycles. The SMILES string of the molecule is COc1c(CN2O[C@@H](CO)[C@@H]([C@H](C)O)[C@H]2C(=O)N[C@H]2C[C@H]3C[C@@H]([C@@H]2C)C3(C)C)cccc1-c1cc(C(=O)N[C@H](CN(C)C)[C@H](OC)c2ccccc2)cc(N(C)C)c1. The lowest BCUT2D eigenvalue weighted by atomic mass is 9.45. The van der Waals surface area contributed by atoms with Crippen molar-refractivity contribution in [3.05, 3.63) is 83.4 Å². The molecule has 1 saturated heterocycles. The summed E-state index contributed by atoms with van der Waals surface area (Å²) >= 11 is 0. The molecular formula is C46H65N5O7. The second kappa shape index (κ2) is 18.1. The number of nitrogens with zero attached hydrogens (tertiary/aromatic N) is 3. The van der Waals surface area contributed by atoms with E-state index in [0.29, 0.717) is 35.6 Å². The van der Waals surface area contributed by atoms with Crippen LogP contribution in [-0.4, -0.2) is 118 Å². The van der Waals surface area contributed by atoms with Crippen molar-refractivity contribution in [2.75, 3.05) is 60.5 Å². The molecule has 0 aromatic heterocycles. The number of anilines is 1. The lowest BCUT2D eigenvalue weighted by Crippen LogP contribution is -2.62. The Balaban J connectivity index is 1.30. The third kappa shape index (κ3) is 8.78. The van der Waals surface area contributed by atoms with Gasteiger partial charge in [0.2, 0.25) is 5.91 Å². The fourth-order valence-electron chi connectivity index (χ4n) is 10.0. The highest BCUT2D eigenvalue weighted by molar-refractivity contribution is 5.97. The van der Waals surface area contributed by atoms with Gasteiger partial charge < -0.3 is 40.1 Å². The molecule has 0 unspecified atom stereocenters. The van der Waals surface area contributed by atoms with Crippen LogP contribution in [-0.2, 0) is 20.9 Å². The summed E-state index contributed by atoms with van der Waals surface area (Å²) in [5.74, 6) is 0.890. The lowest BCUT2D eigenvalue weighted by molar-refractivity contribution is -0.183. The Morgan fingerprint density at radius 1 is 1.02 bits per heavy atom. The molecule has 316 valence electrons. The number of benzene rings is 3. The van der Waals surface area contributed by atoms with Crippen LogP contribution in [0.15, 0.2) is 66.7 Å². The molecule has 0 spiro atoms. The van der Waals surface area contributed by atoms with Crippen molar-refractivity contribution in [2.24, 2.45) is 29.1 Å². The summed E-state index contributed by atoms with van der Waals surface area (Å²) in [6.07, 6.45) is 0.0635. The van der Waals surface area contributed by atoms with Gasteiger partial charge in [0.1, 0.15) is 24.0 Å². The van der Waals surface area contributed by atoms with Gasteiger partial charge in [0.15, 0.2) is 0 Å². The summed E-state index contributed by atoms with van der Waals surface area (Å²) < 4.78 is 12.1. The Kier molecular flexibility index (Phi) is 13.6. The van der Waals surface area contributed by atoms with Crippen LogP contribution in [0.2, 0.25) is 0 Å². The van der Waals surface area contributed by atoms with E-state index in [4.69, 9.17) is 14.3 Å². The summed E-state index contributed by atoms with van der Waals surface area (Å²) in [4.78, 5) is 38.8. The number of aliphatic hydroxyl groups is 2. The van der Waals surface area contributed by atoms with Gasteiger partial charge in [-0.15, -0.1) is 0 Å². The van der Waals surface area contributed by atoms with Gasteiger partial charge in [0, 0.05) is 62.1 Å². The van der Waals surface area contributed by atoms with Gasteiger partial charge in [-0.05, 0) is 86.4 Å². The number of amides is 2. The molecule has 3 aromatic carbocycles. The quantitative estimate of drug-likeness (QED) is 0.154. The zero-order valence-electron chi connectivity index (χ0n) is 35.9. The van der Waals surface area contributed by atoms with Crippen molar-refractivity contribution in [3.8, 4) is 16.9 Å². The fraction of sp³-hybridized carbons (Fsp3) is 0.565. The Hall–Kier alpha value is -4.04. The van der Waals surface area contributed by atoms with Crippen molar-refractivity contribution in [1.29, 1.82) is 0 Å². The molecule has 12 heteroatoms. The maximum Gasteiger partial charge on any atom is 0.251 e. The highest BCUT2D eigenvalue weighted by Crippen LogP contribution is 2.61. The second-order valence-electron chi connectivity index (χ2n) is 17.8. The van der Waals surface area contributed by atoms with Crippen molar-refractivity contribution in [3.63, 3.8) is 0 Å². The average molecular weight is 800 g/mol. The largest absolute Gasteiger partial charge is 0.496 e. The molecular weight excluding hydrogens is 735 g/mol. The molecule has 2 bridgehead atoms. The van der Waals surface area contributed by atoms with Crippen LogP contribution in [0.5, 0.6) is 5.75 Å². The van der Waals surface area contributed by atoms with E-state index < -0.39 is 24.2 Å². The lowest BCUT2D eigenvalue weighted by Gasteiger charge is -2.62. The summed E-state index contributed by atoms with van der Waals surface area (Å²) in [6.45, 7) is 8.91. The van der Waals surface area contributed by atoms with Crippen LogP contribution in [0, 0.1) is 29.1 Å². The van der Waals surface area contributed by atoms with Gasteiger partial charge in [0.05, 0.1) is 32.4 Å². The summed E-state index contributed by atoms with van der Waals surface area (Å²) in [6, 6.07) is 20.3. The summed E-state index contributed by atoms with van der Waals surface area (Å²) in [7, 11) is 11.1. The Morgan fingerprint density at radius 3 is 2.33 bits per heavy atom. The van der Waals surface area contributed by atoms with Gasteiger partial charge in [0.25, 0.3) is 5.91 Å². The maximum absolute atomic E-state index is 14.3. The minimum absolute atomic E-state index is 0.0269. The number of nitrogens with one attached hydrogen (secondary N) is 2. The number of para-hydroxylation sites is 1. The number of hydrogen-bond acceptors (Lipinski definition) is 10. The van der Waals surface area contributed by atoms with Gasteiger partial charge in [-0.3, -0.25) is 14.4 Å². The van der Waals surface area contributed by atoms with Crippen LogP contribution in [0.4, 0.5) is 5.69 Å². The van der Waals surface area contributed by atoms with Crippen molar-refractivity contribution < 1.29 is 34.1 Å². The number of rotatable bonds is 16. The van der Waals surface area contributed by atoms with Crippen LogP contribution in [0.1, 0.15) is 68.1 Å². The predicted molar refractivity (Wildman–Crippen MR) is 226 cm³/mol. The van der Waals surface area contributed by atoms with E-state index in [1.807, 2.05) is 105 Å². The van der Waals surface area contributed by atoms with Crippen LogP contribution in [0.3, 0.4) is 0 Å². The number of carbonyl (C=O) groups is 2. The number of likely N-dealkylation sites (N-methyl/N-ethyl adjacent to an activating group) is 1.